The number of nitrogens with one attached hydrogen (secondary N) is 2. The molecular weight excluding hydrogens is 325 g/mol. The predicted octanol–water partition coefficient (Wildman–Crippen LogP) is 4.21. The van der Waals surface area contributed by atoms with Crippen LogP contribution in [-0.4, -0.2) is 16.8 Å². The van der Waals surface area contributed by atoms with Crippen LogP contribution in [0.1, 0.15) is 5.56 Å². The molecule has 0 unspecified atom stereocenters. The minimum Gasteiger partial charge on any atom is -0.454 e. The molecule has 0 spiro atoms. The Morgan fingerprint density at radius 2 is 1.91 bits per heavy atom. The van der Waals surface area contributed by atoms with Crippen LogP contribution in [0.15, 0.2) is 30.3 Å². The highest BCUT2D eigenvalue weighted by Crippen LogP contribution is 2.35. The van der Waals surface area contributed by atoms with Crippen LogP contribution >= 0.6 is 23.2 Å². The van der Waals surface area contributed by atoms with Gasteiger partial charge in [0.25, 0.3) is 0 Å². The Kier molecular flexibility index (Phi) is 3.24. The van der Waals surface area contributed by atoms with Crippen molar-refractivity contribution in [2.24, 2.45) is 0 Å². The number of ether oxygens (including phenoxy) is 2. The molecule has 0 bridgehead atoms. The molecule has 1 aliphatic heterocycles. The second-order valence-electron chi connectivity index (χ2n) is 4.91. The lowest BCUT2D eigenvalue weighted by molar-refractivity contribution is 0.174. The molecule has 0 aliphatic carbocycles. The Hall–Kier alpha value is -2.11. The fourth-order valence-corrected chi connectivity index (χ4v) is 2.64. The molecule has 1 aliphatic rings. The third-order valence-electron chi connectivity index (χ3n) is 3.42. The number of halogens is 2. The minimum absolute atomic E-state index is 0.254. The van der Waals surface area contributed by atoms with Gasteiger partial charge in [-0.2, -0.15) is 0 Å². The number of hydrogen-bond donors (Lipinski definition) is 2. The standard InChI is InChI=1S/C15H11Cl2N3O2/c16-9-2-1-8(3-10(9)17)6-18-15-19-11-4-13-14(22-7-21-13)5-12(11)20-15/h1-5H,6-7H2,(H2,18,19,20). The second-order valence-corrected chi connectivity index (χ2v) is 5.72. The van der Waals surface area contributed by atoms with Gasteiger partial charge in [0, 0.05) is 18.7 Å². The van der Waals surface area contributed by atoms with Crippen LogP contribution in [0.2, 0.25) is 10.0 Å². The van der Waals surface area contributed by atoms with E-state index in [1.54, 1.807) is 6.07 Å². The second kappa shape index (κ2) is 5.26. The van der Waals surface area contributed by atoms with E-state index in [0.29, 0.717) is 22.5 Å². The zero-order valence-electron chi connectivity index (χ0n) is 11.3. The molecule has 5 nitrogen and oxygen atoms in total. The van der Waals surface area contributed by atoms with Crippen molar-refractivity contribution in [3.63, 3.8) is 0 Å². The topological polar surface area (TPSA) is 59.2 Å². The normalized spacial score (nSPS) is 12.8. The number of aromatic nitrogens is 2. The SMILES string of the molecule is Clc1ccc(CNc2nc3cc4c(cc3[nH]2)OCO4)cc1Cl. The molecule has 4 rings (SSSR count). The summed E-state index contributed by atoms with van der Waals surface area (Å²) in [6.07, 6.45) is 0. The third-order valence-corrected chi connectivity index (χ3v) is 4.16. The molecule has 0 saturated heterocycles. The minimum atomic E-state index is 0.254. The number of benzene rings is 2. The maximum absolute atomic E-state index is 6.01. The first-order chi connectivity index (χ1) is 10.7. The third kappa shape index (κ3) is 2.42. The highest BCUT2D eigenvalue weighted by atomic mass is 35.5. The lowest BCUT2D eigenvalue weighted by atomic mass is 10.2. The average molecular weight is 336 g/mol. The fourth-order valence-electron chi connectivity index (χ4n) is 2.32. The van der Waals surface area contributed by atoms with E-state index in [1.807, 2.05) is 24.3 Å². The molecule has 0 fully saturated rings. The molecule has 0 radical (unpaired) electrons. The number of hydrogen-bond acceptors (Lipinski definition) is 4. The fraction of sp³-hybridized carbons (Fsp3) is 0.133. The largest absolute Gasteiger partial charge is 0.454 e. The van der Waals surface area contributed by atoms with E-state index in [4.69, 9.17) is 32.7 Å². The van der Waals surface area contributed by atoms with Gasteiger partial charge < -0.3 is 19.8 Å². The van der Waals surface area contributed by atoms with Gasteiger partial charge in [0.15, 0.2) is 11.5 Å². The molecule has 0 saturated carbocycles. The number of rotatable bonds is 3. The van der Waals surface area contributed by atoms with Crippen molar-refractivity contribution in [1.82, 2.24) is 9.97 Å². The van der Waals surface area contributed by atoms with E-state index in [9.17, 15) is 0 Å². The smallest absolute Gasteiger partial charge is 0.231 e. The van der Waals surface area contributed by atoms with Gasteiger partial charge in [-0.05, 0) is 17.7 Å². The van der Waals surface area contributed by atoms with Gasteiger partial charge in [-0.1, -0.05) is 29.3 Å². The van der Waals surface area contributed by atoms with E-state index in [2.05, 4.69) is 15.3 Å². The number of anilines is 1. The molecule has 7 heteroatoms. The molecule has 2 N–H and O–H groups in total. The summed E-state index contributed by atoms with van der Waals surface area (Å²) in [5.41, 5.74) is 2.73. The van der Waals surface area contributed by atoms with Crippen molar-refractivity contribution in [3.8, 4) is 11.5 Å². The summed E-state index contributed by atoms with van der Waals surface area (Å²) in [5.74, 6) is 2.12. The lowest BCUT2D eigenvalue weighted by Gasteiger charge is -2.04. The Labute approximate surface area is 136 Å². The Morgan fingerprint density at radius 3 is 2.73 bits per heavy atom. The van der Waals surface area contributed by atoms with Crippen LogP contribution in [0.25, 0.3) is 11.0 Å². The van der Waals surface area contributed by atoms with E-state index in [-0.39, 0.29) is 6.79 Å². The van der Waals surface area contributed by atoms with E-state index in [0.717, 1.165) is 28.1 Å². The summed E-state index contributed by atoms with van der Waals surface area (Å²) in [5, 5.41) is 4.31. The van der Waals surface area contributed by atoms with Crippen LogP contribution in [0.3, 0.4) is 0 Å². The van der Waals surface area contributed by atoms with Crippen molar-refractivity contribution in [3.05, 3.63) is 45.9 Å². The van der Waals surface area contributed by atoms with E-state index < -0.39 is 0 Å². The van der Waals surface area contributed by atoms with Gasteiger partial charge >= 0.3 is 0 Å². The van der Waals surface area contributed by atoms with E-state index in [1.165, 1.54) is 0 Å². The quantitative estimate of drug-likeness (QED) is 0.752. The molecule has 2 heterocycles. The number of imidazole rings is 1. The summed E-state index contributed by atoms with van der Waals surface area (Å²) in [6.45, 7) is 0.841. The Bertz CT molecular complexity index is 822. The van der Waals surface area contributed by atoms with Crippen LogP contribution in [0.4, 0.5) is 5.95 Å². The summed E-state index contributed by atoms with van der Waals surface area (Å²) < 4.78 is 10.7. The molecule has 0 atom stereocenters. The highest BCUT2D eigenvalue weighted by molar-refractivity contribution is 6.42. The van der Waals surface area contributed by atoms with Gasteiger partial charge in [-0.25, -0.2) is 4.98 Å². The molecule has 2 aromatic carbocycles. The molecular formula is C15H11Cl2N3O2. The highest BCUT2D eigenvalue weighted by Gasteiger charge is 2.16. The van der Waals surface area contributed by atoms with Crippen molar-refractivity contribution in [2.75, 3.05) is 12.1 Å². The predicted molar refractivity (Wildman–Crippen MR) is 86.0 cm³/mol. The maximum atomic E-state index is 6.01. The van der Waals surface area contributed by atoms with E-state index >= 15 is 0 Å². The maximum Gasteiger partial charge on any atom is 0.231 e. The number of aromatic amines is 1. The van der Waals surface area contributed by atoms with Crippen molar-refractivity contribution < 1.29 is 9.47 Å². The van der Waals surface area contributed by atoms with Crippen LogP contribution in [-0.2, 0) is 6.54 Å². The van der Waals surface area contributed by atoms with Crippen LogP contribution in [0.5, 0.6) is 11.5 Å². The number of fused-ring (bicyclic) bond motifs is 2. The summed E-state index contributed by atoms with van der Waals surface area (Å²) >= 11 is 11.9. The van der Waals surface area contributed by atoms with Crippen molar-refractivity contribution >= 4 is 40.2 Å². The van der Waals surface area contributed by atoms with Gasteiger partial charge in [0.1, 0.15) is 0 Å². The van der Waals surface area contributed by atoms with Gasteiger partial charge in [0.05, 0.1) is 21.1 Å². The first-order valence-corrected chi connectivity index (χ1v) is 7.42. The number of H-pyrrole nitrogens is 1. The molecule has 1 aromatic heterocycles. The Balaban J connectivity index is 1.55. The molecule has 112 valence electrons. The van der Waals surface area contributed by atoms with Gasteiger partial charge in [0.2, 0.25) is 12.7 Å². The molecule has 0 amide bonds. The van der Waals surface area contributed by atoms with Crippen molar-refractivity contribution in [2.45, 2.75) is 6.54 Å². The summed E-state index contributed by atoms with van der Waals surface area (Å²) in [6, 6.07) is 9.27. The van der Waals surface area contributed by atoms with Gasteiger partial charge in [-0.15, -0.1) is 0 Å². The zero-order chi connectivity index (χ0) is 15.1. The monoisotopic (exact) mass is 335 g/mol. The first kappa shape index (κ1) is 13.5. The van der Waals surface area contributed by atoms with Crippen molar-refractivity contribution in [1.29, 1.82) is 0 Å². The molecule has 3 aromatic rings. The zero-order valence-corrected chi connectivity index (χ0v) is 12.8. The first-order valence-electron chi connectivity index (χ1n) is 6.66. The van der Waals surface area contributed by atoms with Crippen LogP contribution in [0, 0.1) is 0 Å². The number of nitrogens with zero attached hydrogens (tertiary/aromatic N) is 1. The molecule has 22 heavy (non-hydrogen) atoms. The van der Waals surface area contributed by atoms with Crippen LogP contribution < -0.4 is 14.8 Å². The van der Waals surface area contributed by atoms with Gasteiger partial charge in [-0.3, -0.25) is 0 Å². The average Bonchev–Trinajstić information content (AvgIpc) is 3.11. The summed E-state index contributed by atoms with van der Waals surface area (Å²) in [4.78, 5) is 7.69. The Morgan fingerprint density at radius 1 is 1.09 bits per heavy atom. The lowest BCUT2D eigenvalue weighted by Crippen LogP contribution is -2.00. The summed E-state index contributed by atoms with van der Waals surface area (Å²) in [7, 11) is 0.